The maximum Gasteiger partial charge on any atom is 0.239 e. The number of hydrogen-bond donors (Lipinski definition) is 0. The van der Waals surface area contributed by atoms with Crippen LogP contribution in [0.5, 0.6) is 0 Å². The topological polar surface area (TPSA) is 23.6 Å². The normalized spacial score (nSPS) is 16.8. The van der Waals surface area contributed by atoms with Crippen LogP contribution in [0.1, 0.15) is 13.8 Å². The first-order valence-electron chi connectivity index (χ1n) is 6.27. The predicted molar refractivity (Wildman–Crippen MR) is 78.2 cm³/mol. The van der Waals surface area contributed by atoms with E-state index in [1.807, 2.05) is 24.8 Å². The molecular formula is C14H19BrN2O. The van der Waals surface area contributed by atoms with Crippen molar-refractivity contribution in [2.24, 2.45) is 0 Å². The second kappa shape index (κ2) is 5.31. The largest absolute Gasteiger partial charge is 0.368 e. The molecule has 0 saturated carbocycles. The molecule has 1 amide bonds. The van der Waals surface area contributed by atoms with Crippen LogP contribution in [-0.4, -0.2) is 41.3 Å². The maximum absolute atomic E-state index is 12.1. The van der Waals surface area contributed by atoms with Gasteiger partial charge in [0, 0.05) is 31.9 Å². The molecule has 1 aromatic carbocycles. The predicted octanol–water partition coefficient (Wildman–Crippen LogP) is 2.51. The van der Waals surface area contributed by atoms with E-state index in [2.05, 4.69) is 45.1 Å². The van der Waals surface area contributed by atoms with Crippen LogP contribution >= 0.6 is 15.9 Å². The van der Waals surface area contributed by atoms with Gasteiger partial charge in [0.2, 0.25) is 5.91 Å². The van der Waals surface area contributed by atoms with Crippen molar-refractivity contribution in [1.29, 1.82) is 0 Å². The Bertz CT molecular complexity index is 406. The monoisotopic (exact) mass is 310 g/mol. The molecule has 0 aliphatic carbocycles. The Labute approximate surface area is 117 Å². The van der Waals surface area contributed by atoms with Gasteiger partial charge < -0.3 is 9.80 Å². The van der Waals surface area contributed by atoms with Crippen molar-refractivity contribution in [3.63, 3.8) is 0 Å². The van der Waals surface area contributed by atoms with E-state index in [0.717, 1.165) is 26.2 Å². The Morgan fingerprint density at radius 2 is 1.67 bits per heavy atom. The highest BCUT2D eigenvalue weighted by Gasteiger charge is 2.31. The van der Waals surface area contributed by atoms with Gasteiger partial charge >= 0.3 is 0 Å². The number of alkyl halides is 1. The van der Waals surface area contributed by atoms with Crippen LogP contribution in [0.15, 0.2) is 30.3 Å². The molecule has 1 aliphatic rings. The third kappa shape index (κ3) is 3.05. The molecule has 4 heteroatoms. The van der Waals surface area contributed by atoms with Crippen LogP contribution in [0.3, 0.4) is 0 Å². The van der Waals surface area contributed by atoms with Crippen molar-refractivity contribution in [3.05, 3.63) is 30.3 Å². The van der Waals surface area contributed by atoms with Gasteiger partial charge in [-0.3, -0.25) is 4.79 Å². The van der Waals surface area contributed by atoms with E-state index in [9.17, 15) is 4.79 Å². The molecule has 0 spiro atoms. The molecule has 0 aromatic heterocycles. The SMILES string of the molecule is CC(C)(Br)C(=O)N1CCN(c2ccccc2)CC1. The fourth-order valence-corrected chi connectivity index (χ4v) is 2.43. The zero-order valence-corrected chi connectivity index (χ0v) is 12.5. The third-order valence-electron chi connectivity index (χ3n) is 3.20. The van der Waals surface area contributed by atoms with Gasteiger partial charge in [0.05, 0.1) is 4.32 Å². The molecule has 1 heterocycles. The summed E-state index contributed by atoms with van der Waals surface area (Å²) in [6.45, 7) is 7.20. The molecular weight excluding hydrogens is 292 g/mol. The van der Waals surface area contributed by atoms with Crippen molar-refractivity contribution in [3.8, 4) is 0 Å². The highest BCUT2D eigenvalue weighted by atomic mass is 79.9. The molecule has 0 atom stereocenters. The number of rotatable bonds is 2. The first-order valence-corrected chi connectivity index (χ1v) is 7.06. The number of hydrogen-bond acceptors (Lipinski definition) is 2. The first kappa shape index (κ1) is 13.4. The summed E-state index contributed by atoms with van der Waals surface area (Å²) in [5, 5.41) is 0. The van der Waals surface area contributed by atoms with E-state index in [0.29, 0.717) is 0 Å². The summed E-state index contributed by atoms with van der Waals surface area (Å²) in [5.41, 5.74) is 1.24. The number of piperazine rings is 1. The zero-order valence-electron chi connectivity index (χ0n) is 10.9. The molecule has 1 saturated heterocycles. The minimum Gasteiger partial charge on any atom is -0.368 e. The first-order chi connectivity index (χ1) is 8.48. The van der Waals surface area contributed by atoms with Crippen molar-refractivity contribution in [2.75, 3.05) is 31.1 Å². The number of nitrogens with zero attached hydrogens (tertiary/aromatic N) is 2. The van der Waals surface area contributed by atoms with Gasteiger partial charge in [-0.15, -0.1) is 0 Å². The van der Waals surface area contributed by atoms with E-state index in [4.69, 9.17) is 0 Å². The van der Waals surface area contributed by atoms with E-state index in [1.54, 1.807) is 0 Å². The van der Waals surface area contributed by atoms with Crippen LogP contribution < -0.4 is 4.90 Å². The summed E-state index contributed by atoms with van der Waals surface area (Å²) in [6.07, 6.45) is 0. The van der Waals surface area contributed by atoms with Gasteiger partial charge in [0.1, 0.15) is 0 Å². The Morgan fingerprint density at radius 1 is 1.11 bits per heavy atom. The molecule has 1 fully saturated rings. The van der Waals surface area contributed by atoms with Crippen molar-refractivity contribution >= 4 is 27.5 Å². The van der Waals surface area contributed by atoms with Gasteiger partial charge in [-0.1, -0.05) is 34.1 Å². The fourth-order valence-electron chi connectivity index (χ4n) is 2.18. The lowest BCUT2D eigenvalue weighted by atomic mass is 10.1. The lowest BCUT2D eigenvalue weighted by molar-refractivity contribution is -0.133. The molecule has 0 N–H and O–H groups in total. The minimum atomic E-state index is -0.456. The molecule has 1 aliphatic heterocycles. The highest BCUT2D eigenvalue weighted by Crippen LogP contribution is 2.21. The number of halogens is 1. The summed E-state index contributed by atoms with van der Waals surface area (Å²) in [7, 11) is 0. The average molecular weight is 311 g/mol. The summed E-state index contributed by atoms with van der Waals surface area (Å²) in [6, 6.07) is 10.4. The maximum atomic E-state index is 12.1. The Kier molecular flexibility index (Phi) is 3.95. The quantitative estimate of drug-likeness (QED) is 0.784. The van der Waals surface area contributed by atoms with Crippen molar-refractivity contribution < 1.29 is 4.79 Å². The van der Waals surface area contributed by atoms with Crippen LogP contribution in [0, 0.1) is 0 Å². The number of carbonyl (C=O) groups excluding carboxylic acids is 1. The lowest BCUT2D eigenvalue weighted by Gasteiger charge is -2.38. The smallest absolute Gasteiger partial charge is 0.239 e. The molecule has 0 bridgehead atoms. The Morgan fingerprint density at radius 3 is 2.17 bits per heavy atom. The summed E-state index contributed by atoms with van der Waals surface area (Å²) in [5.74, 6) is 0.176. The summed E-state index contributed by atoms with van der Waals surface area (Å²) in [4.78, 5) is 16.4. The third-order valence-corrected chi connectivity index (χ3v) is 3.54. The Balaban J connectivity index is 1.95. The minimum absolute atomic E-state index is 0.176. The second-order valence-electron chi connectivity index (χ2n) is 5.09. The standard InChI is InChI=1S/C14H19BrN2O/c1-14(2,15)13(18)17-10-8-16(9-11-17)12-6-4-3-5-7-12/h3-7H,8-11H2,1-2H3. The van der Waals surface area contributed by atoms with E-state index in [-0.39, 0.29) is 5.91 Å². The van der Waals surface area contributed by atoms with Crippen molar-refractivity contribution in [1.82, 2.24) is 4.90 Å². The van der Waals surface area contributed by atoms with Gasteiger partial charge in [0.15, 0.2) is 0 Å². The second-order valence-corrected chi connectivity index (χ2v) is 7.07. The lowest BCUT2D eigenvalue weighted by Crippen LogP contribution is -2.52. The zero-order chi connectivity index (χ0) is 13.2. The number of carbonyl (C=O) groups is 1. The molecule has 98 valence electrons. The molecule has 3 nitrogen and oxygen atoms in total. The highest BCUT2D eigenvalue weighted by molar-refractivity contribution is 9.10. The number of para-hydroxylation sites is 1. The van der Waals surface area contributed by atoms with E-state index in [1.165, 1.54) is 5.69 Å². The molecule has 18 heavy (non-hydrogen) atoms. The fraction of sp³-hybridized carbons (Fsp3) is 0.500. The average Bonchev–Trinajstić information content (AvgIpc) is 2.38. The van der Waals surface area contributed by atoms with Gasteiger partial charge in [-0.25, -0.2) is 0 Å². The Hall–Kier alpha value is -1.03. The van der Waals surface area contributed by atoms with E-state index < -0.39 is 4.32 Å². The van der Waals surface area contributed by atoms with Crippen LogP contribution in [0.25, 0.3) is 0 Å². The van der Waals surface area contributed by atoms with Crippen molar-refractivity contribution in [2.45, 2.75) is 18.2 Å². The molecule has 0 radical (unpaired) electrons. The number of amides is 1. The summed E-state index contributed by atoms with van der Waals surface area (Å²) >= 11 is 3.43. The number of anilines is 1. The molecule has 1 aromatic rings. The van der Waals surface area contributed by atoms with Crippen LogP contribution in [0.4, 0.5) is 5.69 Å². The number of benzene rings is 1. The van der Waals surface area contributed by atoms with Gasteiger partial charge in [-0.05, 0) is 26.0 Å². The van der Waals surface area contributed by atoms with Gasteiger partial charge in [0.25, 0.3) is 0 Å². The molecule has 0 unspecified atom stereocenters. The summed E-state index contributed by atoms with van der Waals surface area (Å²) < 4.78 is -0.456. The van der Waals surface area contributed by atoms with Gasteiger partial charge in [-0.2, -0.15) is 0 Å². The van der Waals surface area contributed by atoms with Crippen LogP contribution in [0.2, 0.25) is 0 Å². The molecule has 2 rings (SSSR count). The van der Waals surface area contributed by atoms with E-state index >= 15 is 0 Å². The van der Waals surface area contributed by atoms with Crippen LogP contribution in [-0.2, 0) is 4.79 Å².